The summed E-state index contributed by atoms with van der Waals surface area (Å²) in [5.41, 5.74) is 4.73. The van der Waals surface area contributed by atoms with Crippen molar-refractivity contribution in [3.05, 3.63) is 66.7 Å². The van der Waals surface area contributed by atoms with Gasteiger partial charge < -0.3 is 5.11 Å². The van der Waals surface area contributed by atoms with E-state index in [-0.39, 0.29) is 0 Å². The summed E-state index contributed by atoms with van der Waals surface area (Å²) in [6, 6.07) is 23.0. The molecule has 0 saturated carbocycles. The molecule has 0 bridgehead atoms. The van der Waals surface area contributed by atoms with Gasteiger partial charge in [0.25, 0.3) is 0 Å². The largest absolute Gasteiger partial charge is 0.506 e. The predicted molar refractivity (Wildman–Crippen MR) is 103 cm³/mol. The molecule has 3 aromatic rings. The highest BCUT2D eigenvalue weighted by Gasteiger charge is 2.13. The van der Waals surface area contributed by atoms with Crippen molar-refractivity contribution in [2.24, 2.45) is 0 Å². The summed E-state index contributed by atoms with van der Waals surface area (Å²) < 4.78 is 0. The van der Waals surface area contributed by atoms with Crippen LogP contribution in [0.2, 0.25) is 0 Å². The molecule has 0 aliphatic rings. The Kier molecular flexibility index (Phi) is 4.99. The molecular formula is C20H18OS2. The fourth-order valence-corrected chi connectivity index (χ4v) is 3.81. The summed E-state index contributed by atoms with van der Waals surface area (Å²) >= 11 is 3.14. The zero-order valence-corrected chi connectivity index (χ0v) is 14.7. The van der Waals surface area contributed by atoms with Crippen LogP contribution in [0.4, 0.5) is 0 Å². The molecule has 0 aliphatic carbocycles. The van der Waals surface area contributed by atoms with Crippen LogP contribution in [0.3, 0.4) is 0 Å². The van der Waals surface area contributed by atoms with E-state index < -0.39 is 0 Å². The molecule has 0 unspecified atom stereocenters. The van der Waals surface area contributed by atoms with Gasteiger partial charge in [-0.1, -0.05) is 54.6 Å². The van der Waals surface area contributed by atoms with Gasteiger partial charge in [0.15, 0.2) is 0 Å². The van der Waals surface area contributed by atoms with E-state index in [1.165, 1.54) is 16.7 Å². The quantitative estimate of drug-likeness (QED) is 0.574. The Morgan fingerprint density at radius 1 is 0.652 bits per heavy atom. The number of phenolic OH excluding ortho intramolecular Hbond substituents is 1. The molecule has 0 aliphatic heterocycles. The zero-order valence-electron chi connectivity index (χ0n) is 13.1. The molecule has 0 amide bonds. The lowest BCUT2D eigenvalue weighted by molar-refractivity contribution is 0.449. The number of benzene rings is 3. The van der Waals surface area contributed by atoms with Crippen LogP contribution in [0.5, 0.6) is 5.75 Å². The van der Waals surface area contributed by atoms with Gasteiger partial charge in [-0.3, -0.25) is 0 Å². The van der Waals surface area contributed by atoms with Crippen molar-refractivity contribution < 1.29 is 5.11 Å². The van der Waals surface area contributed by atoms with Gasteiger partial charge in [0, 0.05) is 0 Å². The molecule has 1 N–H and O–H groups in total. The monoisotopic (exact) mass is 338 g/mol. The molecule has 23 heavy (non-hydrogen) atoms. The average Bonchev–Trinajstić information content (AvgIpc) is 2.62. The molecular weight excluding hydrogens is 320 g/mol. The number of hydrogen-bond donors (Lipinski definition) is 1. The van der Waals surface area contributed by atoms with Gasteiger partial charge >= 0.3 is 0 Å². The SMILES string of the molecule is CSc1cc(-c2ccccc2-c2ccccc2)cc(SC)c1O. The predicted octanol–water partition coefficient (Wildman–Crippen LogP) is 6.17. The van der Waals surface area contributed by atoms with Crippen LogP contribution < -0.4 is 0 Å². The topological polar surface area (TPSA) is 20.2 Å². The van der Waals surface area contributed by atoms with Crippen LogP contribution in [0.15, 0.2) is 76.5 Å². The maximum absolute atomic E-state index is 10.3. The van der Waals surface area contributed by atoms with Crippen molar-refractivity contribution in [2.45, 2.75) is 9.79 Å². The van der Waals surface area contributed by atoms with Crippen LogP contribution in [0, 0.1) is 0 Å². The van der Waals surface area contributed by atoms with E-state index in [0.717, 1.165) is 15.4 Å². The van der Waals surface area contributed by atoms with E-state index in [1.54, 1.807) is 23.5 Å². The first-order valence-corrected chi connectivity index (χ1v) is 9.79. The molecule has 3 rings (SSSR count). The first kappa shape index (κ1) is 16.0. The van der Waals surface area contributed by atoms with E-state index in [9.17, 15) is 5.11 Å². The Balaban J connectivity index is 2.20. The number of phenols is 1. The summed E-state index contributed by atoms with van der Waals surface area (Å²) in [6.45, 7) is 0. The van der Waals surface area contributed by atoms with Gasteiger partial charge in [0.1, 0.15) is 5.75 Å². The minimum Gasteiger partial charge on any atom is -0.506 e. The van der Waals surface area contributed by atoms with Gasteiger partial charge in [0.05, 0.1) is 9.79 Å². The van der Waals surface area contributed by atoms with Gasteiger partial charge in [0.2, 0.25) is 0 Å². The van der Waals surface area contributed by atoms with Crippen molar-refractivity contribution in [3.8, 4) is 28.0 Å². The lowest BCUT2D eigenvalue weighted by Crippen LogP contribution is -1.87. The molecule has 116 valence electrons. The molecule has 0 saturated heterocycles. The molecule has 0 fully saturated rings. The van der Waals surface area contributed by atoms with Crippen LogP contribution in [0.25, 0.3) is 22.3 Å². The minimum absolute atomic E-state index is 0.381. The van der Waals surface area contributed by atoms with Gasteiger partial charge in [-0.2, -0.15) is 0 Å². The summed E-state index contributed by atoms with van der Waals surface area (Å²) in [5, 5.41) is 10.3. The van der Waals surface area contributed by atoms with Crippen LogP contribution >= 0.6 is 23.5 Å². The summed E-state index contributed by atoms with van der Waals surface area (Å²) in [4.78, 5) is 1.82. The highest BCUT2D eigenvalue weighted by molar-refractivity contribution is 7.99. The van der Waals surface area contributed by atoms with Crippen molar-refractivity contribution in [3.63, 3.8) is 0 Å². The number of aromatic hydroxyl groups is 1. The Labute approximate surface area is 145 Å². The van der Waals surface area contributed by atoms with Crippen LogP contribution in [-0.4, -0.2) is 17.6 Å². The molecule has 3 aromatic carbocycles. The number of rotatable bonds is 4. The summed E-state index contributed by atoms with van der Waals surface area (Å²) in [6.07, 6.45) is 3.98. The maximum atomic E-state index is 10.3. The maximum Gasteiger partial charge on any atom is 0.142 e. The molecule has 0 spiro atoms. The Morgan fingerprint density at radius 2 is 1.13 bits per heavy atom. The molecule has 1 nitrogen and oxygen atoms in total. The lowest BCUT2D eigenvalue weighted by atomic mass is 9.94. The zero-order chi connectivity index (χ0) is 16.2. The summed E-state index contributed by atoms with van der Waals surface area (Å²) in [7, 11) is 0. The first-order chi connectivity index (χ1) is 11.2. The normalized spacial score (nSPS) is 10.7. The molecule has 0 radical (unpaired) electrons. The molecule has 0 aromatic heterocycles. The van der Waals surface area contributed by atoms with Crippen molar-refractivity contribution >= 4 is 23.5 Å². The highest BCUT2D eigenvalue weighted by Crippen LogP contribution is 2.41. The summed E-state index contributed by atoms with van der Waals surface area (Å²) in [5.74, 6) is 0.381. The fraction of sp³-hybridized carbons (Fsp3) is 0.100. The van der Waals surface area contributed by atoms with Crippen molar-refractivity contribution in [1.82, 2.24) is 0 Å². The Morgan fingerprint density at radius 3 is 1.65 bits per heavy atom. The van der Waals surface area contributed by atoms with E-state index in [2.05, 4.69) is 60.7 Å². The average molecular weight is 338 g/mol. The number of hydrogen-bond acceptors (Lipinski definition) is 3. The third kappa shape index (κ3) is 3.26. The van der Waals surface area contributed by atoms with E-state index in [0.29, 0.717) is 5.75 Å². The van der Waals surface area contributed by atoms with Crippen LogP contribution in [0.1, 0.15) is 0 Å². The van der Waals surface area contributed by atoms with Crippen molar-refractivity contribution in [2.75, 3.05) is 12.5 Å². The van der Waals surface area contributed by atoms with E-state index >= 15 is 0 Å². The van der Waals surface area contributed by atoms with E-state index in [4.69, 9.17) is 0 Å². The third-order valence-electron chi connectivity index (χ3n) is 3.80. The van der Waals surface area contributed by atoms with Gasteiger partial charge in [-0.15, -0.1) is 23.5 Å². The smallest absolute Gasteiger partial charge is 0.142 e. The van der Waals surface area contributed by atoms with Gasteiger partial charge in [-0.05, 0) is 46.9 Å². The van der Waals surface area contributed by atoms with E-state index in [1.807, 2.05) is 18.6 Å². The molecule has 0 heterocycles. The fourth-order valence-electron chi connectivity index (χ4n) is 2.65. The third-order valence-corrected chi connectivity index (χ3v) is 5.30. The van der Waals surface area contributed by atoms with Crippen molar-refractivity contribution in [1.29, 1.82) is 0 Å². The second-order valence-electron chi connectivity index (χ2n) is 5.14. The Hall–Kier alpha value is -1.84. The number of thioether (sulfide) groups is 2. The highest BCUT2D eigenvalue weighted by atomic mass is 32.2. The second kappa shape index (κ2) is 7.16. The minimum atomic E-state index is 0.381. The Bertz CT molecular complexity index is 788. The molecule has 3 heteroatoms. The molecule has 0 atom stereocenters. The van der Waals surface area contributed by atoms with Crippen LogP contribution in [-0.2, 0) is 0 Å². The first-order valence-electron chi connectivity index (χ1n) is 7.34. The standard InChI is InChI=1S/C20H18OS2/c1-22-18-12-15(13-19(23-2)20(18)21)17-11-7-6-10-16(17)14-8-4-3-5-9-14/h3-13,21H,1-2H3. The lowest BCUT2D eigenvalue weighted by Gasteiger charge is -2.14. The second-order valence-corrected chi connectivity index (χ2v) is 6.84. The van der Waals surface area contributed by atoms with Gasteiger partial charge in [-0.25, -0.2) is 0 Å².